The van der Waals surface area contributed by atoms with Crippen molar-refractivity contribution < 1.29 is 9.18 Å². The van der Waals surface area contributed by atoms with Gasteiger partial charge in [0.05, 0.1) is 16.8 Å². The first-order valence-electron chi connectivity index (χ1n) is 5.70. The number of anilines is 2. The van der Waals surface area contributed by atoms with Gasteiger partial charge in [0, 0.05) is 11.6 Å². The highest BCUT2D eigenvalue weighted by atomic mass is 19.1. The summed E-state index contributed by atoms with van der Waals surface area (Å²) in [7, 11) is 0. The van der Waals surface area contributed by atoms with Gasteiger partial charge >= 0.3 is 0 Å². The maximum absolute atomic E-state index is 14.1. The number of nitrogens with zero attached hydrogens (tertiary/aromatic N) is 1. The number of hydrogen-bond donors (Lipinski definition) is 1. The summed E-state index contributed by atoms with van der Waals surface area (Å²) in [6.45, 7) is 7.30. The van der Waals surface area contributed by atoms with Crippen LogP contribution in [-0.2, 0) is 10.2 Å². The lowest BCUT2D eigenvalue weighted by Gasteiger charge is -2.23. The Morgan fingerprint density at radius 3 is 2.47 bits per heavy atom. The molecule has 1 amide bonds. The van der Waals surface area contributed by atoms with Crippen LogP contribution in [0.3, 0.4) is 0 Å². The summed E-state index contributed by atoms with van der Waals surface area (Å²) < 4.78 is 14.1. The van der Waals surface area contributed by atoms with Crippen molar-refractivity contribution in [2.24, 2.45) is 0 Å². The lowest BCUT2D eigenvalue weighted by atomic mass is 9.85. The topological polar surface area (TPSA) is 46.3 Å². The lowest BCUT2D eigenvalue weighted by Crippen LogP contribution is -2.40. The maximum atomic E-state index is 14.1. The molecular weight excluding hydrogens is 219 g/mol. The molecule has 0 aromatic heterocycles. The molecule has 17 heavy (non-hydrogen) atoms. The van der Waals surface area contributed by atoms with Crippen LogP contribution in [0.2, 0.25) is 0 Å². The fourth-order valence-electron chi connectivity index (χ4n) is 2.41. The van der Waals surface area contributed by atoms with Crippen LogP contribution in [-0.4, -0.2) is 11.9 Å². The summed E-state index contributed by atoms with van der Waals surface area (Å²) in [5.41, 5.74) is 5.87. The first-order chi connectivity index (χ1) is 7.78. The molecule has 92 valence electrons. The van der Waals surface area contributed by atoms with Crippen LogP contribution in [0.25, 0.3) is 0 Å². The summed E-state index contributed by atoms with van der Waals surface area (Å²) in [6, 6.07) is 3.24. The van der Waals surface area contributed by atoms with E-state index in [-0.39, 0.29) is 17.6 Å². The summed E-state index contributed by atoms with van der Waals surface area (Å²) >= 11 is 0. The monoisotopic (exact) mass is 236 g/mol. The number of rotatable bonds is 1. The minimum absolute atomic E-state index is 0.00560. The first kappa shape index (κ1) is 11.9. The zero-order valence-electron chi connectivity index (χ0n) is 10.5. The first-order valence-corrected chi connectivity index (χ1v) is 5.70. The maximum Gasteiger partial charge on any atom is 0.237 e. The van der Waals surface area contributed by atoms with E-state index < -0.39 is 11.2 Å². The van der Waals surface area contributed by atoms with E-state index in [1.165, 1.54) is 6.07 Å². The summed E-state index contributed by atoms with van der Waals surface area (Å²) in [4.78, 5) is 13.9. The zero-order valence-corrected chi connectivity index (χ0v) is 10.5. The van der Waals surface area contributed by atoms with E-state index in [0.29, 0.717) is 11.3 Å². The molecule has 0 radical (unpaired) electrons. The fraction of sp³-hybridized carbons (Fsp3) is 0.462. The van der Waals surface area contributed by atoms with Gasteiger partial charge in [-0.15, -0.1) is 0 Å². The Kier molecular flexibility index (Phi) is 2.42. The molecule has 0 aliphatic carbocycles. The van der Waals surface area contributed by atoms with Crippen molar-refractivity contribution in [1.29, 1.82) is 0 Å². The van der Waals surface area contributed by atoms with Crippen LogP contribution >= 0.6 is 0 Å². The number of halogens is 1. The van der Waals surface area contributed by atoms with E-state index in [4.69, 9.17) is 5.73 Å². The number of fused-ring (bicyclic) bond motifs is 1. The molecule has 4 heteroatoms. The summed E-state index contributed by atoms with van der Waals surface area (Å²) in [5.74, 6) is -0.545. The largest absolute Gasteiger partial charge is 0.396 e. The molecule has 0 atom stereocenters. The van der Waals surface area contributed by atoms with E-state index >= 15 is 0 Å². The van der Waals surface area contributed by atoms with Gasteiger partial charge in [-0.25, -0.2) is 4.39 Å². The van der Waals surface area contributed by atoms with E-state index in [0.717, 1.165) is 0 Å². The van der Waals surface area contributed by atoms with E-state index in [1.807, 2.05) is 13.8 Å². The average molecular weight is 236 g/mol. The third-order valence-corrected chi connectivity index (χ3v) is 3.30. The number of nitrogen functional groups attached to an aromatic ring is 1. The molecule has 0 fully saturated rings. The molecule has 1 aromatic carbocycles. The van der Waals surface area contributed by atoms with E-state index in [9.17, 15) is 9.18 Å². The van der Waals surface area contributed by atoms with Crippen molar-refractivity contribution in [3.63, 3.8) is 0 Å². The average Bonchev–Trinajstić information content (AvgIpc) is 2.42. The number of carbonyl (C=O) groups excluding carboxylic acids is 1. The van der Waals surface area contributed by atoms with Crippen LogP contribution in [0, 0.1) is 5.82 Å². The molecule has 0 spiro atoms. The molecule has 1 heterocycles. The van der Waals surface area contributed by atoms with Gasteiger partial charge in [0.2, 0.25) is 5.91 Å². The normalized spacial score (nSPS) is 17.8. The molecule has 2 N–H and O–H groups in total. The van der Waals surface area contributed by atoms with Gasteiger partial charge < -0.3 is 10.6 Å². The molecule has 0 saturated carbocycles. The lowest BCUT2D eigenvalue weighted by molar-refractivity contribution is -0.122. The van der Waals surface area contributed by atoms with Gasteiger partial charge in [-0.2, -0.15) is 0 Å². The number of benzene rings is 1. The van der Waals surface area contributed by atoms with E-state index in [2.05, 4.69) is 0 Å². The Hall–Kier alpha value is -1.58. The van der Waals surface area contributed by atoms with Gasteiger partial charge in [0.25, 0.3) is 0 Å². The van der Waals surface area contributed by atoms with Crippen LogP contribution in [0.15, 0.2) is 12.1 Å². The van der Waals surface area contributed by atoms with Crippen LogP contribution in [0.1, 0.15) is 33.3 Å². The molecule has 0 bridgehead atoms. The minimum atomic E-state index is -0.848. The Labute approximate surface area is 100 Å². The van der Waals surface area contributed by atoms with Crippen LogP contribution in [0.4, 0.5) is 15.8 Å². The third-order valence-electron chi connectivity index (χ3n) is 3.30. The Morgan fingerprint density at radius 1 is 1.35 bits per heavy atom. The summed E-state index contributed by atoms with van der Waals surface area (Å²) in [5, 5.41) is 0. The molecule has 2 rings (SSSR count). The predicted molar refractivity (Wildman–Crippen MR) is 66.5 cm³/mol. The quantitative estimate of drug-likeness (QED) is 0.761. The van der Waals surface area contributed by atoms with Crippen molar-refractivity contribution in [3.05, 3.63) is 23.5 Å². The van der Waals surface area contributed by atoms with Crippen molar-refractivity contribution in [3.8, 4) is 0 Å². The SMILES string of the molecule is CC(C)N1C(=O)C(C)(C)c2c1ccc(N)c2F. The fourth-order valence-corrected chi connectivity index (χ4v) is 2.41. The highest BCUT2D eigenvalue weighted by Gasteiger charge is 2.47. The standard InChI is InChI=1S/C13H17FN2O/c1-7(2)16-9-6-5-8(15)11(14)10(9)13(3,4)12(16)17/h5-7H,15H2,1-4H3. The number of amides is 1. The van der Waals surface area contributed by atoms with E-state index in [1.54, 1.807) is 24.8 Å². The van der Waals surface area contributed by atoms with Gasteiger partial charge in [-0.05, 0) is 39.8 Å². The van der Waals surface area contributed by atoms with Gasteiger partial charge in [-0.3, -0.25) is 4.79 Å². The van der Waals surface area contributed by atoms with Gasteiger partial charge in [0.1, 0.15) is 0 Å². The second kappa shape index (κ2) is 3.45. The molecule has 3 nitrogen and oxygen atoms in total. The molecule has 0 unspecified atom stereocenters. The molecular formula is C13H17FN2O. The van der Waals surface area contributed by atoms with Gasteiger partial charge in [0.15, 0.2) is 5.82 Å². The highest BCUT2D eigenvalue weighted by Crippen LogP contribution is 2.45. The zero-order chi connectivity index (χ0) is 13.0. The number of nitrogens with two attached hydrogens (primary N) is 1. The summed E-state index contributed by atoms with van der Waals surface area (Å²) in [6.07, 6.45) is 0. The molecule has 1 aromatic rings. The molecule has 0 saturated heterocycles. The molecule has 1 aliphatic heterocycles. The number of hydrogen-bond acceptors (Lipinski definition) is 2. The minimum Gasteiger partial charge on any atom is -0.396 e. The Balaban J connectivity index is 2.74. The Bertz CT molecular complexity index is 494. The second-order valence-electron chi connectivity index (χ2n) is 5.26. The molecule has 1 aliphatic rings. The van der Waals surface area contributed by atoms with Gasteiger partial charge in [-0.1, -0.05) is 0 Å². The van der Waals surface area contributed by atoms with Crippen molar-refractivity contribution in [2.75, 3.05) is 10.6 Å². The smallest absolute Gasteiger partial charge is 0.237 e. The van der Waals surface area contributed by atoms with Crippen molar-refractivity contribution in [2.45, 2.75) is 39.2 Å². The predicted octanol–water partition coefficient (Wildman–Crippen LogP) is 2.44. The number of carbonyl (C=O) groups is 1. The second-order valence-corrected chi connectivity index (χ2v) is 5.26. The third kappa shape index (κ3) is 1.43. The van der Waals surface area contributed by atoms with Crippen LogP contribution in [0.5, 0.6) is 0 Å². The van der Waals surface area contributed by atoms with Crippen molar-refractivity contribution >= 4 is 17.3 Å². The van der Waals surface area contributed by atoms with Crippen molar-refractivity contribution in [1.82, 2.24) is 0 Å². The van der Waals surface area contributed by atoms with Crippen LogP contribution < -0.4 is 10.6 Å². The Morgan fingerprint density at radius 2 is 1.94 bits per heavy atom. The highest BCUT2D eigenvalue weighted by molar-refractivity contribution is 6.08.